The van der Waals surface area contributed by atoms with Crippen LogP contribution in [0.5, 0.6) is 5.88 Å². The Bertz CT molecular complexity index is 1160. The van der Waals surface area contributed by atoms with E-state index in [4.69, 9.17) is 16.3 Å². The molecule has 0 spiro atoms. The molecule has 0 amide bonds. The molecular weight excluding hydrogens is 368 g/mol. The van der Waals surface area contributed by atoms with Gasteiger partial charge in [0.2, 0.25) is 5.88 Å². The maximum atomic E-state index is 12.8. The summed E-state index contributed by atoms with van der Waals surface area (Å²) in [6.45, 7) is 5.90. The van der Waals surface area contributed by atoms with Crippen LogP contribution in [0.1, 0.15) is 43.9 Å². The van der Waals surface area contributed by atoms with E-state index in [1.807, 2.05) is 26.8 Å². The van der Waals surface area contributed by atoms with Gasteiger partial charge in [-0.3, -0.25) is 19.3 Å². The Kier molecular flexibility index (Phi) is 4.26. The van der Waals surface area contributed by atoms with Gasteiger partial charge in [-0.2, -0.15) is 0 Å². The first-order valence-electron chi connectivity index (χ1n) is 8.85. The molecule has 7 nitrogen and oxygen atoms in total. The molecule has 1 N–H and O–H groups in total. The van der Waals surface area contributed by atoms with Crippen molar-refractivity contribution >= 4 is 22.5 Å². The molecule has 1 saturated carbocycles. The number of nitrogens with zero attached hydrogens (tertiary/aromatic N) is 3. The van der Waals surface area contributed by atoms with Crippen LogP contribution in [0.3, 0.4) is 0 Å². The Morgan fingerprint density at radius 1 is 1.33 bits per heavy atom. The Morgan fingerprint density at radius 3 is 2.74 bits per heavy atom. The molecule has 1 aliphatic rings. The normalized spacial score (nSPS) is 14.1. The predicted octanol–water partition coefficient (Wildman–Crippen LogP) is 3.10. The van der Waals surface area contributed by atoms with Crippen LogP contribution in [0.15, 0.2) is 27.9 Å². The van der Waals surface area contributed by atoms with Crippen molar-refractivity contribution in [1.29, 1.82) is 0 Å². The Balaban J connectivity index is 2.13. The first-order chi connectivity index (χ1) is 12.9. The van der Waals surface area contributed by atoms with Crippen LogP contribution in [-0.4, -0.2) is 25.6 Å². The number of fused-ring (bicyclic) bond motifs is 1. The topological polar surface area (TPSA) is 89.9 Å². The summed E-state index contributed by atoms with van der Waals surface area (Å²) in [7, 11) is 0. The van der Waals surface area contributed by atoms with Crippen molar-refractivity contribution in [3.05, 3.63) is 55.6 Å². The highest BCUT2D eigenvalue weighted by molar-refractivity contribution is 6.30. The third-order valence-corrected chi connectivity index (χ3v) is 4.75. The van der Waals surface area contributed by atoms with E-state index in [0.717, 1.165) is 24.1 Å². The smallest absolute Gasteiger partial charge is 0.333 e. The lowest BCUT2D eigenvalue weighted by Gasteiger charge is -2.18. The van der Waals surface area contributed by atoms with E-state index >= 15 is 0 Å². The van der Waals surface area contributed by atoms with Crippen molar-refractivity contribution in [3.8, 4) is 11.6 Å². The molecule has 0 aromatic carbocycles. The molecule has 1 fully saturated rings. The SMILES string of the molecule is Cc1ccnc(C(C)C)c1-n1c(=O)[nH]c(=O)c2c(OC3CC3)nc(Cl)cc21. The fourth-order valence-corrected chi connectivity index (χ4v) is 3.31. The molecule has 0 aliphatic heterocycles. The zero-order valence-corrected chi connectivity index (χ0v) is 16.0. The molecular formula is C19H19ClN4O3. The van der Waals surface area contributed by atoms with Gasteiger partial charge in [-0.15, -0.1) is 0 Å². The highest BCUT2D eigenvalue weighted by Gasteiger charge is 2.27. The second-order valence-electron chi connectivity index (χ2n) is 7.07. The van der Waals surface area contributed by atoms with Crippen LogP contribution >= 0.6 is 11.6 Å². The summed E-state index contributed by atoms with van der Waals surface area (Å²) in [6, 6.07) is 3.35. The number of nitrogens with one attached hydrogen (secondary N) is 1. The number of aryl methyl sites for hydroxylation is 1. The largest absolute Gasteiger partial charge is 0.474 e. The van der Waals surface area contributed by atoms with Crippen LogP contribution in [0, 0.1) is 6.92 Å². The minimum Gasteiger partial charge on any atom is -0.474 e. The highest BCUT2D eigenvalue weighted by Crippen LogP contribution is 2.32. The van der Waals surface area contributed by atoms with Crippen LogP contribution in [0.25, 0.3) is 16.6 Å². The van der Waals surface area contributed by atoms with Gasteiger partial charge in [-0.1, -0.05) is 25.4 Å². The van der Waals surface area contributed by atoms with Gasteiger partial charge in [0.05, 0.1) is 16.9 Å². The quantitative estimate of drug-likeness (QED) is 0.696. The Morgan fingerprint density at radius 2 is 2.07 bits per heavy atom. The number of aromatic amines is 1. The molecule has 140 valence electrons. The van der Waals surface area contributed by atoms with Crippen LogP contribution in [-0.2, 0) is 0 Å². The van der Waals surface area contributed by atoms with Crippen LogP contribution in [0.4, 0.5) is 0 Å². The lowest BCUT2D eigenvalue weighted by molar-refractivity contribution is 0.295. The average Bonchev–Trinajstić information content (AvgIpc) is 3.39. The van der Waals surface area contributed by atoms with E-state index in [-0.39, 0.29) is 28.4 Å². The van der Waals surface area contributed by atoms with Gasteiger partial charge in [-0.25, -0.2) is 9.78 Å². The van der Waals surface area contributed by atoms with Crippen molar-refractivity contribution in [2.45, 2.75) is 45.6 Å². The first kappa shape index (κ1) is 17.7. The summed E-state index contributed by atoms with van der Waals surface area (Å²) in [4.78, 5) is 36.4. The zero-order valence-electron chi connectivity index (χ0n) is 15.2. The monoisotopic (exact) mass is 386 g/mol. The summed E-state index contributed by atoms with van der Waals surface area (Å²) in [5.74, 6) is 0.232. The number of ether oxygens (including phenoxy) is 1. The lowest BCUT2D eigenvalue weighted by Crippen LogP contribution is -2.31. The maximum absolute atomic E-state index is 12.8. The van der Waals surface area contributed by atoms with E-state index in [9.17, 15) is 9.59 Å². The minimum absolute atomic E-state index is 0.0327. The molecule has 8 heteroatoms. The fourth-order valence-electron chi connectivity index (χ4n) is 3.13. The zero-order chi connectivity index (χ0) is 19.3. The summed E-state index contributed by atoms with van der Waals surface area (Å²) >= 11 is 6.20. The van der Waals surface area contributed by atoms with E-state index < -0.39 is 11.2 Å². The number of hydrogen-bond donors (Lipinski definition) is 1. The molecule has 27 heavy (non-hydrogen) atoms. The summed E-state index contributed by atoms with van der Waals surface area (Å²) in [5.41, 5.74) is 1.52. The number of halogens is 1. The second kappa shape index (κ2) is 6.49. The molecule has 0 radical (unpaired) electrons. The minimum atomic E-state index is -0.551. The molecule has 0 bridgehead atoms. The van der Waals surface area contributed by atoms with Crippen molar-refractivity contribution in [1.82, 2.24) is 19.5 Å². The van der Waals surface area contributed by atoms with Gasteiger partial charge in [0.1, 0.15) is 16.6 Å². The molecule has 3 heterocycles. The number of aromatic nitrogens is 4. The van der Waals surface area contributed by atoms with Gasteiger partial charge in [-0.05, 0) is 37.3 Å². The Labute approximate surface area is 160 Å². The Hall–Kier alpha value is -2.67. The fraction of sp³-hybridized carbons (Fsp3) is 0.368. The van der Waals surface area contributed by atoms with Gasteiger partial charge >= 0.3 is 5.69 Å². The lowest BCUT2D eigenvalue weighted by atomic mass is 10.0. The molecule has 3 aromatic heterocycles. The van der Waals surface area contributed by atoms with Crippen molar-refractivity contribution in [2.75, 3.05) is 0 Å². The van der Waals surface area contributed by atoms with Crippen molar-refractivity contribution in [2.24, 2.45) is 0 Å². The van der Waals surface area contributed by atoms with Gasteiger partial charge < -0.3 is 4.74 Å². The molecule has 3 aromatic rings. The van der Waals surface area contributed by atoms with Crippen molar-refractivity contribution in [3.63, 3.8) is 0 Å². The second-order valence-corrected chi connectivity index (χ2v) is 7.46. The van der Waals surface area contributed by atoms with E-state index in [1.54, 1.807) is 6.20 Å². The van der Waals surface area contributed by atoms with Crippen LogP contribution in [0.2, 0.25) is 5.15 Å². The maximum Gasteiger partial charge on any atom is 0.333 e. The summed E-state index contributed by atoms with van der Waals surface area (Å²) in [6.07, 6.45) is 3.56. The molecule has 4 rings (SSSR count). The summed E-state index contributed by atoms with van der Waals surface area (Å²) in [5, 5.41) is 0.369. The summed E-state index contributed by atoms with van der Waals surface area (Å²) < 4.78 is 7.24. The van der Waals surface area contributed by atoms with Crippen molar-refractivity contribution < 1.29 is 4.74 Å². The van der Waals surface area contributed by atoms with E-state index in [0.29, 0.717) is 11.2 Å². The number of H-pyrrole nitrogens is 1. The standard InChI is InChI=1S/C19H19ClN4O3/c1-9(2)15-16(10(3)6-7-21-15)24-12-8-13(20)22-18(27-11-4-5-11)14(12)17(25)23-19(24)26/h6-9,11H,4-5H2,1-3H3,(H,23,25,26). The number of rotatable bonds is 4. The molecule has 0 saturated heterocycles. The third kappa shape index (κ3) is 3.12. The van der Waals surface area contributed by atoms with Gasteiger partial charge in [0, 0.05) is 12.3 Å². The predicted molar refractivity (Wildman–Crippen MR) is 103 cm³/mol. The van der Waals surface area contributed by atoms with E-state index in [1.165, 1.54) is 10.6 Å². The first-order valence-corrected chi connectivity index (χ1v) is 9.22. The number of hydrogen-bond acceptors (Lipinski definition) is 5. The highest BCUT2D eigenvalue weighted by atomic mass is 35.5. The van der Waals surface area contributed by atoms with E-state index in [2.05, 4.69) is 15.0 Å². The molecule has 0 atom stereocenters. The average molecular weight is 387 g/mol. The molecule has 1 aliphatic carbocycles. The van der Waals surface area contributed by atoms with Gasteiger partial charge in [0.25, 0.3) is 5.56 Å². The third-order valence-electron chi connectivity index (χ3n) is 4.55. The molecule has 0 unspecified atom stereocenters. The van der Waals surface area contributed by atoms with Crippen LogP contribution < -0.4 is 16.0 Å². The number of pyridine rings is 2. The van der Waals surface area contributed by atoms with Gasteiger partial charge in [0.15, 0.2) is 0 Å².